The molecular formula is C65H122O5. The molecular weight excluding hydrogens is 861 g/mol. The van der Waals surface area contributed by atoms with Crippen molar-refractivity contribution in [3.63, 3.8) is 0 Å². The molecule has 0 amide bonds. The number of carbonyl (C=O) groups excluding carboxylic acids is 2. The normalized spacial score (nSPS) is 12.3. The highest BCUT2D eigenvalue weighted by molar-refractivity contribution is 5.70. The summed E-state index contributed by atoms with van der Waals surface area (Å²) in [5, 5.41) is 0. The standard InChI is InChI=1S/C65H122O5/c1-4-7-10-13-16-19-22-25-28-30-32-34-36-39-42-45-48-51-54-57-60-68-61-63(70-65(67)59-56-53-50-47-44-41-37-27-24-21-18-15-12-9-6-3)62-69-64(66)58-55-52-49-46-43-40-38-35-33-31-29-26-23-20-17-14-11-8-5-2/h18,21,26-27,29,37,63H,4-17,19-20,22-25,28,30-36,38-62H2,1-3H3/b21-18-,29-26-,37-27-. The molecule has 0 aliphatic carbocycles. The van der Waals surface area contributed by atoms with E-state index in [0.717, 1.165) is 51.4 Å². The van der Waals surface area contributed by atoms with Crippen molar-refractivity contribution in [3.8, 4) is 0 Å². The quantitative estimate of drug-likeness (QED) is 0.0345. The number of ether oxygens (including phenoxy) is 3. The number of hydrogen-bond acceptors (Lipinski definition) is 5. The fourth-order valence-electron chi connectivity index (χ4n) is 9.42. The van der Waals surface area contributed by atoms with Crippen LogP contribution in [0, 0.1) is 0 Å². The molecule has 1 atom stereocenters. The van der Waals surface area contributed by atoms with Gasteiger partial charge in [0.1, 0.15) is 6.61 Å². The summed E-state index contributed by atoms with van der Waals surface area (Å²) in [6.45, 7) is 7.86. The molecule has 1 unspecified atom stereocenters. The lowest BCUT2D eigenvalue weighted by Gasteiger charge is -2.18. The molecule has 0 spiro atoms. The first-order valence-electron chi connectivity index (χ1n) is 31.5. The molecule has 0 saturated heterocycles. The summed E-state index contributed by atoms with van der Waals surface area (Å²) in [6, 6.07) is 0. The Bertz CT molecular complexity index is 1110. The van der Waals surface area contributed by atoms with E-state index in [4.69, 9.17) is 14.2 Å². The Morgan fingerprint density at radius 2 is 0.600 bits per heavy atom. The average molecular weight is 984 g/mol. The molecule has 0 fully saturated rings. The third-order valence-corrected chi connectivity index (χ3v) is 14.1. The number of hydrogen-bond donors (Lipinski definition) is 0. The lowest BCUT2D eigenvalue weighted by atomic mass is 10.0. The topological polar surface area (TPSA) is 61.8 Å². The third-order valence-electron chi connectivity index (χ3n) is 14.1. The Hall–Kier alpha value is -1.88. The second kappa shape index (κ2) is 61.4. The van der Waals surface area contributed by atoms with E-state index in [1.54, 1.807) is 0 Å². The number of unbranched alkanes of at least 4 members (excludes halogenated alkanes) is 42. The van der Waals surface area contributed by atoms with Gasteiger partial charge in [-0.2, -0.15) is 0 Å². The van der Waals surface area contributed by atoms with E-state index in [0.29, 0.717) is 19.4 Å². The Morgan fingerprint density at radius 3 is 0.986 bits per heavy atom. The van der Waals surface area contributed by atoms with Crippen LogP contribution >= 0.6 is 0 Å². The lowest BCUT2D eigenvalue weighted by Crippen LogP contribution is -2.30. The van der Waals surface area contributed by atoms with Crippen molar-refractivity contribution >= 4 is 11.9 Å². The first kappa shape index (κ1) is 68.1. The van der Waals surface area contributed by atoms with Crippen molar-refractivity contribution in [1.29, 1.82) is 0 Å². The van der Waals surface area contributed by atoms with Gasteiger partial charge >= 0.3 is 11.9 Å². The molecule has 0 aromatic carbocycles. The van der Waals surface area contributed by atoms with Gasteiger partial charge in [0, 0.05) is 19.4 Å². The Labute approximate surface area is 438 Å². The molecule has 0 aromatic heterocycles. The first-order valence-corrected chi connectivity index (χ1v) is 31.5. The van der Waals surface area contributed by atoms with E-state index in [9.17, 15) is 9.59 Å². The van der Waals surface area contributed by atoms with Gasteiger partial charge in [-0.1, -0.05) is 288 Å². The smallest absolute Gasteiger partial charge is 0.306 e. The maximum atomic E-state index is 12.9. The second-order valence-electron chi connectivity index (χ2n) is 21.3. The number of rotatable bonds is 59. The predicted molar refractivity (Wildman–Crippen MR) is 307 cm³/mol. The van der Waals surface area contributed by atoms with E-state index in [1.807, 2.05) is 0 Å². The van der Waals surface area contributed by atoms with Crippen LogP contribution in [0.3, 0.4) is 0 Å². The predicted octanol–water partition coefficient (Wildman–Crippen LogP) is 21.7. The molecule has 5 nitrogen and oxygen atoms in total. The van der Waals surface area contributed by atoms with Gasteiger partial charge in [0.15, 0.2) is 6.10 Å². The minimum atomic E-state index is -0.541. The van der Waals surface area contributed by atoms with Crippen molar-refractivity contribution in [3.05, 3.63) is 36.5 Å². The van der Waals surface area contributed by atoms with E-state index in [1.165, 1.54) is 257 Å². The van der Waals surface area contributed by atoms with Gasteiger partial charge in [0.05, 0.1) is 6.61 Å². The summed E-state index contributed by atoms with van der Waals surface area (Å²) >= 11 is 0. The Morgan fingerprint density at radius 1 is 0.314 bits per heavy atom. The molecule has 412 valence electrons. The zero-order valence-corrected chi connectivity index (χ0v) is 47.6. The summed E-state index contributed by atoms with van der Waals surface area (Å²) in [4.78, 5) is 25.6. The molecule has 0 rings (SSSR count). The maximum Gasteiger partial charge on any atom is 0.306 e. The van der Waals surface area contributed by atoms with Crippen LogP contribution in [0.15, 0.2) is 36.5 Å². The van der Waals surface area contributed by atoms with Crippen LogP contribution in [-0.2, 0) is 23.8 Å². The zero-order valence-electron chi connectivity index (χ0n) is 47.6. The van der Waals surface area contributed by atoms with Crippen molar-refractivity contribution in [2.75, 3.05) is 19.8 Å². The summed E-state index contributed by atoms with van der Waals surface area (Å²) in [7, 11) is 0. The molecule has 0 bridgehead atoms. The number of esters is 2. The number of carbonyl (C=O) groups is 2. The van der Waals surface area contributed by atoms with Gasteiger partial charge in [0.2, 0.25) is 0 Å². The van der Waals surface area contributed by atoms with Gasteiger partial charge < -0.3 is 14.2 Å². The van der Waals surface area contributed by atoms with Crippen molar-refractivity contribution in [1.82, 2.24) is 0 Å². The molecule has 70 heavy (non-hydrogen) atoms. The van der Waals surface area contributed by atoms with E-state index >= 15 is 0 Å². The monoisotopic (exact) mass is 983 g/mol. The second-order valence-corrected chi connectivity index (χ2v) is 21.3. The van der Waals surface area contributed by atoms with Gasteiger partial charge in [-0.15, -0.1) is 0 Å². The van der Waals surface area contributed by atoms with Crippen molar-refractivity contribution in [2.24, 2.45) is 0 Å². The first-order chi connectivity index (χ1) is 34.6. The molecule has 0 aliphatic heterocycles. The lowest BCUT2D eigenvalue weighted by molar-refractivity contribution is -0.163. The fourth-order valence-corrected chi connectivity index (χ4v) is 9.42. The van der Waals surface area contributed by atoms with E-state index in [2.05, 4.69) is 57.2 Å². The molecule has 0 heterocycles. The molecule has 0 aromatic rings. The molecule has 0 radical (unpaired) electrons. The van der Waals surface area contributed by atoms with Crippen LogP contribution in [-0.4, -0.2) is 37.9 Å². The highest BCUT2D eigenvalue weighted by Gasteiger charge is 2.18. The summed E-state index contributed by atoms with van der Waals surface area (Å²) in [5.41, 5.74) is 0. The van der Waals surface area contributed by atoms with Crippen LogP contribution in [0.4, 0.5) is 0 Å². The third kappa shape index (κ3) is 58.7. The van der Waals surface area contributed by atoms with E-state index in [-0.39, 0.29) is 25.2 Å². The fraction of sp³-hybridized carbons (Fsp3) is 0.877. The minimum Gasteiger partial charge on any atom is -0.462 e. The maximum absolute atomic E-state index is 12.9. The molecule has 5 heteroatoms. The average Bonchev–Trinajstić information content (AvgIpc) is 3.36. The summed E-state index contributed by atoms with van der Waals surface area (Å²) in [5.74, 6) is -0.394. The van der Waals surface area contributed by atoms with Crippen LogP contribution in [0.2, 0.25) is 0 Å². The zero-order chi connectivity index (χ0) is 50.6. The van der Waals surface area contributed by atoms with Gasteiger partial charge in [-0.05, 0) is 77.0 Å². The Balaban J connectivity index is 4.22. The minimum absolute atomic E-state index is 0.0842. The van der Waals surface area contributed by atoms with Crippen LogP contribution in [0.1, 0.15) is 342 Å². The van der Waals surface area contributed by atoms with Crippen LogP contribution < -0.4 is 0 Å². The SMILES string of the molecule is CCCCC/C=C\C/C=C\CCCCCCCC(=O)OC(COCCCCCCCCCCCCCCCCCCCCCC)COC(=O)CCCCCCCCCCC/C=C\CCCCCCCC. The van der Waals surface area contributed by atoms with Gasteiger partial charge in [-0.3, -0.25) is 9.59 Å². The van der Waals surface area contributed by atoms with Crippen LogP contribution in [0.25, 0.3) is 0 Å². The van der Waals surface area contributed by atoms with Crippen LogP contribution in [0.5, 0.6) is 0 Å². The summed E-state index contributed by atoms with van der Waals surface area (Å²) in [6.07, 6.45) is 76.1. The highest BCUT2D eigenvalue weighted by atomic mass is 16.6. The number of allylic oxidation sites excluding steroid dienone is 6. The van der Waals surface area contributed by atoms with E-state index < -0.39 is 6.10 Å². The van der Waals surface area contributed by atoms with Crippen molar-refractivity contribution < 1.29 is 23.8 Å². The summed E-state index contributed by atoms with van der Waals surface area (Å²) < 4.78 is 17.5. The van der Waals surface area contributed by atoms with Gasteiger partial charge in [-0.25, -0.2) is 0 Å². The van der Waals surface area contributed by atoms with Crippen molar-refractivity contribution in [2.45, 2.75) is 348 Å². The molecule has 0 aliphatic rings. The molecule has 0 N–H and O–H groups in total. The van der Waals surface area contributed by atoms with Gasteiger partial charge in [0.25, 0.3) is 0 Å². The Kier molecular flexibility index (Phi) is 59.8. The molecule has 0 saturated carbocycles. The largest absolute Gasteiger partial charge is 0.462 e. The highest BCUT2D eigenvalue weighted by Crippen LogP contribution is 2.17.